The van der Waals surface area contributed by atoms with Gasteiger partial charge in [0.15, 0.2) is 0 Å². The zero-order chi connectivity index (χ0) is 22.2. The van der Waals surface area contributed by atoms with Crippen LogP contribution in [0.15, 0.2) is 48.5 Å². The van der Waals surface area contributed by atoms with Crippen molar-refractivity contribution in [3.8, 4) is 0 Å². The van der Waals surface area contributed by atoms with E-state index >= 15 is 0 Å². The molecule has 1 atom stereocenters. The molecule has 7 heteroatoms. The standard InChI is InChI=1S/C24H30N4O3/c1-3-28-14-6-7-19(28)16-26-23(30)24(31)27-21-9-5-4-8-20(21)22(29)25-15-18-12-10-17(2)11-13-18/h4-5,8-13,19H,3,6-7,14-16H2,1-2H3,(H,25,29)(H,26,30)(H,27,31)/t19-/m1/s1. The number of amides is 3. The normalized spacial score (nSPS) is 16.0. The fourth-order valence-corrected chi connectivity index (χ4v) is 3.79. The summed E-state index contributed by atoms with van der Waals surface area (Å²) in [6.45, 7) is 6.86. The van der Waals surface area contributed by atoms with Crippen LogP contribution in [0.4, 0.5) is 5.69 Å². The molecule has 164 valence electrons. The first-order chi connectivity index (χ1) is 15.0. The van der Waals surface area contributed by atoms with E-state index in [9.17, 15) is 14.4 Å². The number of likely N-dealkylation sites (tertiary alicyclic amines) is 1. The molecule has 2 aromatic carbocycles. The summed E-state index contributed by atoms with van der Waals surface area (Å²) in [6.07, 6.45) is 2.12. The first-order valence-corrected chi connectivity index (χ1v) is 10.7. The van der Waals surface area contributed by atoms with Gasteiger partial charge in [-0.1, -0.05) is 48.9 Å². The summed E-state index contributed by atoms with van der Waals surface area (Å²) >= 11 is 0. The third-order valence-corrected chi connectivity index (χ3v) is 5.60. The first-order valence-electron chi connectivity index (χ1n) is 10.7. The third kappa shape index (κ3) is 6.15. The minimum Gasteiger partial charge on any atom is -0.348 e. The van der Waals surface area contributed by atoms with Gasteiger partial charge in [0.25, 0.3) is 5.91 Å². The number of nitrogens with one attached hydrogen (secondary N) is 3. The second kappa shape index (κ2) is 10.7. The molecule has 0 bridgehead atoms. The van der Waals surface area contributed by atoms with Crippen molar-refractivity contribution >= 4 is 23.4 Å². The molecule has 3 N–H and O–H groups in total. The van der Waals surface area contributed by atoms with E-state index in [0.29, 0.717) is 24.3 Å². The maximum Gasteiger partial charge on any atom is 0.313 e. The van der Waals surface area contributed by atoms with Gasteiger partial charge in [0.1, 0.15) is 0 Å². The minimum absolute atomic E-state index is 0.265. The van der Waals surface area contributed by atoms with Gasteiger partial charge in [0.05, 0.1) is 11.3 Å². The van der Waals surface area contributed by atoms with Crippen molar-refractivity contribution < 1.29 is 14.4 Å². The van der Waals surface area contributed by atoms with Gasteiger partial charge in [0, 0.05) is 19.1 Å². The number of hydrogen-bond donors (Lipinski definition) is 3. The van der Waals surface area contributed by atoms with Crippen LogP contribution in [0.1, 0.15) is 41.3 Å². The van der Waals surface area contributed by atoms with Gasteiger partial charge >= 0.3 is 11.8 Å². The topological polar surface area (TPSA) is 90.5 Å². The molecule has 2 aromatic rings. The summed E-state index contributed by atoms with van der Waals surface area (Å²) in [6, 6.07) is 14.8. The third-order valence-electron chi connectivity index (χ3n) is 5.60. The largest absolute Gasteiger partial charge is 0.348 e. The van der Waals surface area contributed by atoms with E-state index in [0.717, 1.165) is 37.1 Å². The molecular formula is C24H30N4O3. The molecule has 3 rings (SSSR count). The molecule has 1 heterocycles. The minimum atomic E-state index is -0.778. The zero-order valence-electron chi connectivity index (χ0n) is 18.1. The average Bonchev–Trinajstić information content (AvgIpc) is 3.24. The van der Waals surface area contributed by atoms with Gasteiger partial charge in [-0.3, -0.25) is 19.3 Å². The van der Waals surface area contributed by atoms with Gasteiger partial charge in [-0.25, -0.2) is 0 Å². The smallest absolute Gasteiger partial charge is 0.313 e. The second-order valence-corrected chi connectivity index (χ2v) is 7.80. The van der Waals surface area contributed by atoms with Crippen LogP contribution in [-0.4, -0.2) is 48.3 Å². The van der Waals surface area contributed by atoms with E-state index in [4.69, 9.17) is 0 Å². The molecule has 0 aromatic heterocycles. The number of para-hydroxylation sites is 1. The molecule has 1 aliphatic heterocycles. The summed E-state index contributed by atoms with van der Waals surface area (Å²) in [4.78, 5) is 39.6. The lowest BCUT2D eigenvalue weighted by molar-refractivity contribution is -0.136. The summed E-state index contributed by atoms with van der Waals surface area (Å²) in [5.74, 6) is -1.79. The number of likely N-dealkylation sites (N-methyl/N-ethyl adjacent to an activating group) is 1. The van der Waals surface area contributed by atoms with Crippen molar-refractivity contribution in [2.24, 2.45) is 0 Å². The fourth-order valence-electron chi connectivity index (χ4n) is 3.79. The molecule has 7 nitrogen and oxygen atoms in total. The van der Waals surface area contributed by atoms with E-state index in [-0.39, 0.29) is 11.9 Å². The highest BCUT2D eigenvalue weighted by Gasteiger charge is 2.25. The Bertz CT molecular complexity index is 927. The lowest BCUT2D eigenvalue weighted by Gasteiger charge is -2.22. The predicted octanol–water partition coefficient (Wildman–Crippen LogP) is 2.46. The molecule has 1 fully saturated rings. The van der Waals surface area contributed by atoms with Crippen LogP contribution in [0.5, 0.6) is 0 Å². The number of rotatable bonds is 7. The summed E-state index contributed by atoms with van der Waals surface area (Å²) in [5, 5.41) is 8.14. The SMILES string of the molecule is CCN1CCC[C@@H]1CNC(=O)C(=O)Nc1ccccc1C(=O)NCc1ccc(C)cc1. The van der Waals surface area contributed by atoms with E-state index in [2.05, 4.69) is 27.8 Å². The maximum absolute atomic E-state index is 12.7. The van der Waals surface area contributed by atoms with Crippen LogP contribution in [0.3, 0.4) is 0 Å². The van der Waals surface area contributed by atoms with Gasteiger partial charge in [-0.15, -0.1) is 0 Å². The molecule has 1 saturated heterocycles. The quantitative estimate of drug-likeness (QED) is 0.598. The molecule has 0 saturated carbocycles. The number of benzene rings is 2. The first kappa shape index (κ1) is 22.5. The van der Waals surface area contributed by atoms with Gasteiger partial charge < -0.3 is 16.0 Å². The van der Waals surface area contributed by atoms with E-state index in [1.54, 1.807) is 24.3 Å². The Hall–Kier alpha value is -3.19. The molecule has 0 aliphatic carbocycles. The van der Waals surface area contributed by atoms with Crippen LogP contribution >= 0.6 is 0 Å². The van der Waals surface area contributed by atoms with Gasteiger partial charge in [-0.2, -0.15) is 0 Å². The number of aryl methyl sites for hydroxylation is 1. The molecule has 0 unspecified atom stereocenters. The monoisotopic (exact) mass is 422 g/mol. The Morgan fingerprint density at radius 1 is 1.00 bits per heavy atom. The number of nitrogens with zero attached hydrogens (tertiary/aromatic N) is 1. The Labute approximate surface area is 183 Å². The van der Waals surface area contributed by atoms with Crippen molar-refractivity contribution in [3.05, 3.63) is 65.2 Å². The van der Waals surface area contributed by atoms with E-state index < -0.39 is 11.8 Å². The van der Waals surface area contributed by atoms with Crippen LogP contribution < -0.4 is 16.0 Å². The Morgan fingerprint density at radius 2 is 1.74 bits per heavy atom. The predicted molar refractivity (Wildman–Crippen MR) is 121 cm³/mol. The average molecular weight is 423 g/mol. The van der Waals surface area contributed by atoms with Crippen molar-refractivity contribution in [1.82, 2.24) is 15.5 Å². The summed E-state index contributed by atoms with van der Waals surface area (Å²) in [5.41, 5.74) is 2.74. The Morgan fingerprint density at radius 3 is 2.48 bits per heavy atom. The van der Waals surface area contributed by atoms with Crippen LogP contribution in [-0.2, 0) is 16.1 Å². The molecule has 1 aliphatic rings. The Kier molecular flexibility index (Phi) is 7.78. The molecule has 0 radical (unpaired) electrons. The number of carbonyl (C=O) groups is 3. The molecule has 31 heavy (non-hydrogen) atoms. The second-order valence-electron chi connectivity index (χ2n) is 7.80. The van der Waals surface area contributed by atoms with Crippen LogP contribution in [0.2, 0.25) is 0 Å². The lowest BCUT2D eigenvalue weighted by atomic mass is 10.1. The van der Waals surface area contributed by atoms with E-state index in [1.807, 2.05) is 31.2 Å². The lowest BCUT2D eigenvalue weighted by Crippen LogP contribution is -2.43. The highest BCUT2D eigenvalue weighted by atomic mass is 16.2. The van der Waals surface area contributed by atoms with Crippen molar-refractivity contribution in [2.45, 2.75) is 39.3 Å². The van der Waals surface area contributed by atoms with Crippen LogP contribution in [0.25, 0.3) is 0 Å². The fraction of sp³-hybridized carbons (Fsp3) is 0.375. The van der Waals surface area contributed by atoms with Gasteiger partial charge in [-0.05, 0) is 50.6 Å². The van der Waals surface area contributed by atoms with Crippen LogP contribution in [0, 0.1) is 6.92 Å². The van der Waals surface area contributed by atoms with Gasteiger partial charge in [0.2, 0.25) is 0 Å². The molecular weight excluding hydrogens is 392 g/mol. The Balaban J connectivity index is 1.56. The maximum atomic E-state index is 12.7. The highest BCUT2D eigenvalue weighted by molar-refractivity contribution is 6.40. The van der Waals surface area contributed by atoms with Crippen molar-refractivity contribution in [2.75, 3.05) is 25.0 Å². The van der Waals surface area contributed by atoms with E-state index in [1.165, 1.54) is 0 Å². The number of carbonyl (C=O) groups excluding carboxylic acids is 3. The van der Waals surface area contributed by atoms with Crippen molar-refractivity contribution in [3.63, 3.8) is 0 Å². The zero-order valence-corrected chi connectivity index (χ0v) is 18.1. The highest BCUT2D eigenvalue weighted by Crippen LogP contribution is 2.17. The molecule has 3 amide bonds. The summed E-state index contributed by atoms with van der Waals surface area (Å²) < 4.78 is 0. The number of anilines is 1. The number of hydrogen-bond acceptors (Lipinski definition) is 4. The molecule has 0 spiro atoms. The van der Waals surface area contributed by atoms with Crippen molar-refractivity contribution in [1.29, 1.82) is 0 Å². The summed E-state index contributed by atoms with van der Waals surface area (Å²) in [7, 11) is 0.